The molecule has 0 bridgehead atoms. The zero-order chi connectivity index (χ0) is 17.7. The smallest absolute Gasteiger partial charge is 0.123 e. The van der Waals surface area contributed by atoms with Crippen molar-refractivity contribution in [1.82, 2.24) is 4.90 Å². The van der Waals surface area contributed by atoms with Gasteiger partial charge in [-0.05, 0) is 56.2 Å². The molecule has 0 N–H and O–H groups in total. The topological polar surface area (TPSA) is 21.7 Å². The second kappa shape index (κ2) is 7.92. The molecule has 25 heavy (non-hydrogen) atoms. The van der Waals surface area contributed by atoms with Crippen molar-refractivity contribution < 1.29 is 9.47 Å². The van der Waals surface area contributed by atoms with Gasteiger partial charge < -0.3 is 14.4 Å². The first kappa shape index (κ1) is 17.8. The Hall–Kier alpha value is -2.00. The molecular formula is C22H29NO2. The highest BCUT2D eigenvalue weighted by atomic mass is 16.5. The number of nitrogens with zero attached hydrogens (tertiary/aromatic N) is 1. The van der Waals surface area contributed by atoms with Crippen LogP contribution in [-0.2, 0) is 5.41 Å². The molecule has 0 saturated heterocycles. The number of hydrogen-bond donors (Lipinski definition) is 0. The average Bonchev–Trinajstić information content (AvgIpc) is 3.05. The molecular weight excluding hydrogens is 310 g/mol. The minimum atomic E-state index is -0.0850. The molecule has 0 radical (unpaired) electrons. The minimum Gasteiger partial charge on any atom is -0.497 e. The zero-order valence-corrected chi connectivity index (χ0v) is 15.6. The van der Waals surface area contributed by atoms with E-state index in [0.29, 0.717) is 6.61 Å². The van der Waals surface area contributed by atoms with Crippen molar-refractivity contribution >= 4 is 0 Å². The third kappa shape index (κ3) is 3.52. The minimum absolute atomic E-state index is 0.0850. The van der Waals surface area contributed by atoms with Gasteiger partial charge in [-0.1, -0.05) is 44.2 Å². The van der Waals surface area contributed by atoms with Gasteiger partial charge in [0.05, 0.1) is 12.5 Å². The molecule has 1 aliphatic rings. The number of fused-ring (bicyclic) bond motifs is 1. The van der Waals surface area contributed by atoms with Crippen molar-refractivity contribution in [3.8, 4) is 11.5 Å². The lowest BCUT2D eigenvalue weighted by molar-refractivity contribution is 0.254. The van der Waals surface area contributed by atoms with Crippen LogP contribution in [0.3, 0.4) is 0 Å². The van der Waals surface area contributed by atoms with Crippen LogP contribution in [0.15, 0.2) is 48.5 Å². The van der Waals surface area contributed by atoms with Crippen molar-refractivity contribution in [2.24, 2.45) is 0 Å². The second-order valence-electron chi connectivity index (χ2n) is 6.73. The van der Waals surface area contributed by atoms with Crippen LogP contribution in [0.25, 0.3) is 0 Å². The van der Waals surface area contributed by atoms with Crippen molar-refractivity contribution in [2.45, 2.75) is 32.1 Å². The van der Waals surface area contributed by atoms with E-state index >= 15 is 0 Å². The van der Waals surface area contributed by atoms with E-state index in [9.17, 15) is 0 Å². The standard InChI is InChI=1S/C22H29NO2/c1-4-23(5-2)15-9-14-22(18-10-7-6-8-11-18)17-25-21-13-12-19(24-3)16-20(21)22/h6-8,10-13,16H,4-5,9,14-15,17H2,1-3H3. The quantitative estimate of drug-likeness (QED) is 0.707. The Kier molecular flexibility index (Phi) is 5.64. The third-order valence-corrected chi connectivity index (χ3v) is 5.48. The largest absolute Gasteiger partial charge is 0.497 e. The Morgan fingerprint density at radius 1 is 1.08 bits per heavy atom. The van der Waals surface area contributed by atoms with Gasteiger partial charge in [-0.3, -0.25) is 0 Å². The Labute approximate surface area is 151 Å². The predicted molar refractivity (Wildman–Crippen MR) is 103 cm³/mol. The van der Waals surface area contributed by atoms with E-state index in [1.54, 1.807) is 7.11 Å². The van der Waals surface area contributed by atoms with Crippen LogP contribution in [0.4, 0.5) is 0 Å². The molecule has 0 aliphatic carbocycles. The molecule has 0 fully saturated rings. The van der Waals surface area contributed by atoms with Crippen LogP contribution in [0.1, 0.15) is 37.8 Å². The molecule has 0 amide bonds. The van der Waals surface area contributed by atoms with Crippen molar-refractivity contribution in [3.05, 3.63) is 59.7 Å². The maximum absolute atomic E-state index is 6.11. The first-order valence-corrected chi connectivity index (χ1v) is 9.32. The molecule has 2 aromatic rings. The van der Waals surface area contributed by atoms with Gasteiger partial charge in [0.1, 0.15) is 18.1 Å². The van der Waals surface area contributed by atoms with E-state index in [2.05, 4.69) is 55.1 Å². The highest BCUT2D eigenvalue weighted by Crippen LogP contribution is 2.47. The van der Waals surface area contributed by atoms with Crippen molar-refractivity contribution in [3.63, 3.8) is 0 Å². The Balaban J connectivity index is 1.93. The van der Waals surface area contributed by atoms with Gasteiger partial charge >= 0.3 is 0 Å². The maximum Gasteiger partial charge on any atom is 0.123 e. The number of ether oxygens (including phenoxy) is 2. The van der Waals surface area contributed by atoms with Gasteiger partial charge in [0.15, 0.2) is 0 Å². The van der Waals surface area contributed by atoms with Crippen LogP contribution >= 0.6 is 0 Å². The molecule has 3 rings (SSSR count). The fourth-order valence-electron chi connectivity index (χ4n) is 3.91. The van der Waals surface area contributed by atoms with E-state index in [-0.39, 0.29) is 5.41 Å². The normalized spacial score (nSPS) is 18.9. The first-order valence-electron chi connectivity index (χ1n) is 9.32. The summed E-state index contributed by atoms with van der Waals surface area (Å²) in [5, 5.41) is 0. The monoisotopic (exact) mass is 339 g/mol. The number of benzene rings is 2. The molecule has 1 atom stereocenters. The summed E-state index contributed by atoms with van der Waals surface area (Å²) in [7, 11) is 1.72. The molecule has 134 valence electrons. The Morgan fingerprint density at radius 3 is 2.52 bits per heavy atom. The lowest BCUT2D eigenvalue weighted by Crippen LogP contribution is -2.32. The Morgan fingerprint density at radius 2 is 1.84 bits per heavy atom. The fourth-order valence-corrected chi connectivity index (χ4v) is 3.91. The molecule has 3 nitrogen and oxygen atoms in total. The third-order valence-electron chi connectivity index (χ3n) is 5.48. The van der Waals surface area contributed by atoms with E-state index in [1.807, 2.05) is 12.1 Å². The summed E-state index contributed by atoms with van der Waals surface area (Å²) in [6.45, 7) is 8.51. The highest BCUT2D eigenvalue weighted by Gasteiger charge is 2.42. The lowest BCUT2D eigenvalue weighted by atomic mass is 9.73. The summed E-state index contributed by atoms with van der Waals surface area (Å²) < 4.78 is 11.6. The van der Waals surface area contributed by atoms with Crippen molar-refractivity contribution in [1.29, 1.82) is 0 Å². The predicted octanol–water partition coefficient (Wildman–Crippen LogP) is 4.50. The van der Waals surface area contributed by atoms with E-state index < -0.39 is 0 Å². The molecule has 0 aromatic heterocycles. The van der Waals surface area contributed by atoms with E-state index in [4.69, 9.17) is 9.47 Å². The molecule has 2 aromatic carbocycles. The summed E-state index contributed by atoms with van der Waals surface area (Å²) in [4.78, 5) is 2.49. The van der Waals surface area contributed by atoms with Gasteiger partial charge in [-0.15, -0.1) is 0 Å². The van der Waals surface area contributed by atoms with Crippen LogP contribution in [0.2, 0.25) is 0 Å². The van der Waals surface area contributed by atoms with Crippen LogP contribution in [-0.4, -0.2) is 38.3 Å². The number of rotatable bonds is 8. The van der Waals surface area contributed by atoms with Gasteiger partial charge in [-0.2, -0.15) is 0 Å². The second-order valence-corrected chi connectivity index (χ2v) is 6.73. The van der Waals surface area contributed by atoms with Crippen LogP contribution in [0.5, 0.6) is 11.5 Å². The summed E-state index contributed by atoms with van der Waals surface area (Å²) in [5.74, 6) is 1.89. The maximum atomic E-state index is 6.11. The fraction of sp³-hybridized carbons (Fsp3) is 0.455. The van der Waals surface area contributed by atoms with Crippen molar-refractivity contribution in [2.75, 3.05) is 33.4 Å². The highest BCUT2D eigenvalue weighted by molar-refractivity contribution is 5.53. The molecule has 3 heteroatoms. The summed E-state index contributed by atoms with van der Waals surface area (Å²) >= 11 is 0. The van der Waals surface area contributed by atoms with Gasteiger partial charge in [0, 0.05) is 5.56 Å². The van der Waals surface area contributed by atoms with E-state index in [1.165, 1.54) is 11.1 Å². The number of methoxy groups -OCH3 is 1. The summed E-state index contributed by atoms with van der Waals surface area (Å²) in [5.41, 5.74) is 2.51. The lowest BCUT2D eigenvalue weighted by Gasteiger charge is -2.30. The summed E-state index contributed by atoms with van der Waals surface area (Å²) in [6, 6.07) is 17.0. The van der Waals surface area contributed by atoms with Gasteiger partial charge in [-0.25, -0.2) is 0 Å². The van der Waals surface area contributed by atoms with E-state index in [0.717, 1.165) is 44.0 Å². The average molecular weight is 339 g/mol. The summed E-state index contributed by atoms with van der Waals surface area (Å²) in [6.07, 6.45) is 2.23. The molecule has 1 heterocycles. The molecule has 1 aliphatic heterocycles. The Bertz CT molecular complexity index is 682. The van der Waals surface area contributed by atoms with Crippen LogP contribution in [0, 0.1) is 0 Å². The van der Waals surface area contributed by atoms with Crippen LogP contribution < -0.4 is 9.47 Å². The van der Waals surface area contributed by atoms with Gasteiger partial charge in [0.2, 0.25) is 0 Å². The molecule has 1 unspecified atom stereocenters. The first-order chi connectivity index (χ1) is 12.2. The number of hydrogen-bond acceptors (Lipinski definition) is 3. The molecule has 0 spiro atoms. The van der Waals surface area contributed by atoms with Gasteiger partial charge in [0.25, 0.3) is 0 Å². The SMILES string of the molecule is CCN(CC)CCCC1(c2ccccc2)COc2ccc(OC)cc21. The molecule has 0 saturated carbocycles. The zero-order valence-electron chi connectivity index (χ0n) is 15.6.